The Morgan fingerprint density at radius 3 is 1.22 bits per heavy atom. The van der Waals surface area contributed by atoms with E-state index >= 15 is 0 Å². The monoisotopic (exact) mass is 366 g/mol. The van der Waals surface area contributed by atoms with Crippen LogP contribution in [0.25, 0.3) is 0 Å². The molecule has 2 aromatic rings. The molecular weight excluding hydrogens is 328 g/mol. The number of nitrogens with one attached hydrogen (secondary N) is 2. The fraction of sp³-hybridized carbons (Fsp3) is 0.520. The summed E-state index contributed by atoms with van der Waals surface area (Å²) >= 11 is 0. The predicted molar refractivity (Wildman–Crippen MR) is 118 cm³/mol. The van der Waals surface area contributed by atoms with E-state index in [0.29, 0.717) is 12.1 Å². The number of hydrogen-bond donors (Lipinski definition) is 2. The minimum absolute atomic E-state index is 0.258. The second-order valence-corrected chi connectivity index (χ2v) is 10.0. The zero-order valence-electron chi connectivity index (χ0n) is 18.0. The Labute approximate surface area is 166 Å². The molecule has 148 valence electrons. The third kappa shape index (κ3) is 8.28. The Morgan fingerprint density at radius 2 is 0.926 bits per heavy atom. The zero-order valence-corrected chi connectivity index (χ0v) is 18.0. The number of benzene rings is 2. The summed E-state index contributed by atoms with van der Waals surface area (Å²) in [6, 6.07) is 22.4. The molecule has 0 saturated carbocycles. The van der Waals surface area contributed by atoms with Crippen LogP contribution in [0.4, 0.5) is 0 Å². The van der Waals surface area contributed by atoms with Crippen molar-refractivity contribution in [3.63, 3.8) is 0 Å². The first-order chi connectivity index (χ1) is 12.6. The molecule has 0 bridgehead atoms. The van der Waals surface area contributed by atoms with Crippen molar-refractivity contribution < 1.29 is 0 Å². The number of hydrogen-bond acceptors (Lipinski definition) is 2. The van der Waals surface area contributed by atoms with E-state index in [9.17, 15) is 0 Å². The average molecular weight is 367 g/mol. The SMILES string of the molecule is CC(C)(C)CNC(CC(NCC(C)(C)C)c1ccccc1)c1ccccc1. The van der Waals surface area contributed by atoms with Crippen molar-refractivity contribution in [2.75, 3.05) is 13.1 Å². The van der Waals surface area contributed by atoms with E-state index in [4.69, 9.17) is 0 Å². The van der Waals surface area contributed by atoms with E-state index in [2.05, 4.69) is 113 Å². The van der Waals surface area contributed by atoms with Gasteiger partial charge >= 0.3 is 0 Å². The summed E-state index contributed by atoms with van der Waals surface area (Å²) in [6.07, 6.45) is 1.03. The Bertz CT molecular complexity index is 591. The van der Waals surface area contributed by atoms with Crippen LogP contribution in [0.2, 0.25) is 0 Å². The lowest BCUT2D eigenvalue weighted by atomic mass is 9.90. The Morgan fingerprint density at radius 1 is 0.593 bits per heavy atom. The minimum atomic E-state index is 0.258. The Balaban J connectivity index is 2.22. The standard InChI is InChI=1S/C25H38N2/c1-24(2,3)18-26-22(20-13-9-7-10-14-20)17-23(27-19-25(4,5)6)21-15-11-8-12-16-21/h7-16,22-23,26-27H,17-19H2,1-6H3. The van der Waals surface area contributed by atoms with E-state index in [0.717, 1.165) is 19.5 Å². The molecule has 0 saturated heterocycles. The third-order valence-corrected chi connectivity index (χ3v) is 4.63. The van der Waals surface area contributed by atoms with Crippen molar-refractivity contribution in [1.29, 1.82) is 0 Å². The van der Waals surface area contributed by atoms with Gasteiger partial charge < -0.3 is 10.6 Å². The van der Waals surface area contributed by atoms with Crippen molar-refractivity contribution in [2.24, 2.45) is 10.8 Å². The van der Waals surface area contributed by atoms with Crippen LogP contribution in [0.3, 0.4) is 0 Å². The molecule has 0 aliphatic rings. The van der Waals surface area contributed by atoms with Crippen LogP contribution in [0.1, 0.15) is 71.2 Å². The summed E-state index contributed by atoms with van der Waals surface area (Å²) in [5.74, 6) is 0. The van der Waals surface area contributed by atoms with Gasteiger partial charge in [0.2, 0.25) is 0 Å². The molecule has 2 nitrogen and oxygen atoms in total. The van der Waals surface area contributed by atoms with E-state index in [1.165, 1.54) is 11.1 Å². The molecule has 0 aliphatic carbocycles. The van der Waals surface area contributed by atoms with Gasteiger partial charge in [-0.2, -0.15) is 0 Å². The first kappa shape index (κ1) is 21.7. The van der Waals surface area contributed by atoms with Crippen molar-refractivity contribution in [3.8, 4) is 0 Å². The maximum Gasteiger partial charge on any atom is 0.0338 e. The van der Waals surface area contributed by atoms with Gasteiger partial charge in [-0.1, -0.05) is 102 Å². The molecular formula is C25H38N2. The summed E-state index contributed by atoms with van der Waals surface area (Å²) < 4.78 is 0. The zero-order chi connectivity index (χ0) is 19.9. The third-order valence-electron chi connectivity index (χ3n) is 4.63. The van der Waals surface area contributed by atoms with Gasteiger partial charge in [0, 0.05) is 25.2 Å². The highest BCUT2D eigenvalue weighted by Gasteiger charge is 2.22. The van der Waals surface area contributed by atoms with Crippen LogP contribution in [0, 0.1) is 10.8 Å². The van der Waals surface area contributed by atoms with E-state index in [1.807, 2.05) is 0 Å². The van der Waals surface area contributed by atoms with E-state index in [-0.39, 0.29) is 10.8 Å². The molecule has 2 unspecified atom stereocenters. The van der Waals surface area contributed by atoms with Crippen molar-refractivity contribution in [2.45, 2.75) is 60.0 Å². The summed E-state index contributed by atoms with van der Waals surface area (Å²) in [5, 5.41) is 7.67. The molecule has 2 N–H and O–H groups in total. The second-order valence-electron chi connectivity index (χ2n) is 10.0. The summed E-state index contributed by atoms with van der Waals surface area (Å²) in [4.78, 5) is 0. The van der Waals surface area contributed by atoms with Crippen molar-refractivity contribution >= 4 is 0 Å². The maximum absolute atomic E-state index is 3.83. The fourth-order valence-corrected chi connectivity index (χ4v) is 3.14. The molecule has 2 atom stereocenters. The van der Waals surface area contributed by atoms with Gasteiger partial charge in [0.05, 0.1) is 0 Å². The molecule has 0 fully saturated rings. The second kappa shape index (κ2) is 9.52. The van der Waals surface area contributed by atoms with E-state index in [1.54, 1.807) is 0 Å². The van der Waals surface area contributed by atoms with Gasteiger partial charge in [-0.25, -0.2) is 0 Å². The van der Waals surface area contributed by atoms with Gasteiger partial charge in [-0.05, 0) is 28.4 Å². The summed E-state index contributed by atoms with van der Waals surface area (Å²) in [6.45, 7) is 15.7. The Kier molecular flexibility index (Phi) is 7.64. The van der Waals surface area contributed by atoms with Crippen LogP contribution in [-0.2, 0) is 0 Å². The minimum Gasteiger partial charge on any atom is -0.309 e. The van der Waals surface area contributed by atoms with Crippen LogP contribution in [-0.4, -0.2) is 13.1 Å². The lowest BCUT2D eigenvalue weighted by Crippen LogP contribution is -2.36. The smallest absolute Gasteiger partial charge is 0.0338 e. The molecule has 0 heterocycles. The largest absolute Gasteiger partial charge is 0.309 e. The fourth-order valence-electron chi connectivity index (χ4n) is 3.14. The van der Waals surface area contributed by atoms with Gasteiger partial charge in [0.15, 0.2) is 0 Å². The number of rotatable bonds is 8. The molecule has 27 heavy (non-hydrogen) atoms. The molecule has 0 spiro atoms. The van der Waals surface area contributed by atoms with Crippen LogP contribution >= 0.6 is 0 Å². The maximum atomic E-state index is 3.83. The highest BCUT2D eigenvalue weighted by Crippen LogP contribution is 2.28. The molecule has 2 aromatic carbocycles. The van der Waals surface area contributed by atoms with Crippen LogP contribution in [0.15, 0.2) is 60.7 Å². The normalized spacial score (nSPS) is 14.7. The lowest BCUT2D eigenvalue weighted by molar-refractivity contribution is 0.304. The molecule has 2 rings (SSSR count). The first-order valence-electron chi connectivity index (χ1n) is 10.2. The molecule has 0 aromatic heterocycles. The Hall–Kier alpha value is -1.64. The van der Waals surface area contributed by atoms with Crippen LogP contribution in [0.5, 0.6) is 0 Å². The predicted octanol–water partition coefficient (Wildman–Crippen LogP) is 6.13. The molecule has 0 amide bonds. The van der Waals surface area contributed by atoms with E-state index < -0.39 is 0 Å². The topological polar surface area (TPSA) is 24.1 Å². The highest BCUT2D eigenvalue weighted by molar-refractivity contribution is 5.23. The molecule has 2 heteroatoms. The van der Waals surface area contributed by atoms with Crippen molar-refractivity contribution in [1.82, 2.24) is 10.6 Å². The van der Waals surface area contributed by atoms with Gasteiger partial charge in [0.1, 0.15) is 0 Å². The summed E-state index contributed by atoms with van der Waals surface area (Å²) in [5.41, 5.74) is 3.24. The van der Waals surface area contributed by atoms with Crippen molar-refractivity contribution in [3.05, 3.63) is 71.8 Å². The quantitative estimate of drug-likeness (QED) is 0.587. The molecule has 0 radical (unpaired) electrons. The van der Waals surface area contributed by atoms with Gasteiger partial charge in [-0.3, -0.25) is 0 Å². The average Bonchev–Trinajstić information content (AvgIpc) is 2.61. The van der Waals surface area contributed by atoms with Gasteiger partial charge in [0.25, 0.3) is 0 Å². The van der Waals surface area contributed by atoms with Gasteiger partial charge in [-0.15, -0.1) is 0 Å². The summed E-state index contributed by atoms with van der Waals surface area (Å²) in [7, 11) is 0. The molecule has 0 aliphatic heterocycles. The highest BCUT2D eigenvalue weighted by atomic mass is 15.0. The van der Waals surface area contributed by atoms with Crippen LogP contribution < -0.4 is 10.6 Å². The lowest BCUT2D eigenvalue weighted by Gasteiger charge is -2.31. The first-order valence-corrected chi connectivity index (χ1v) is 10.2.